The number of carbonyl (C=O) groups is 1. The molecule has 1 aliphatic rings. The van der Waals surface area contributed by atoms with Gasteiger partial charge in [0.15, 0.2) is 5.75 Å². The second-order valence-corrected chi connectivity index (χ2v) is 4.12. The molecular weight excluding hydrogens is 262 g/mol. The summed E-state index contributed by atoms with van der Waals surface area (Å²) in [4.78, 5) is 15.5. The Balaban J connectivity index is 2.29. The molecule has 0 radical (unpaired) electrons. The highest BCUT2D eigenvalue weighted by atomic mass is 79.9. The number of esters is 1. The van der Waals surface area contributed by atoms with E-state index >= 15 is 0 Å². The highest BCUT2D eigenvalue weighted by Crippen LogP contribution is 2.29. The fourth-order valence-corrected chi connectivity index (χ4v) is 1.48. The van der Waals surface area contributed by atoms with E-state index in [0.717, 1.165) is 12.8 Å². The standard InChI is InChI=1S/C10H10BrNO3/c1-14-10(13)7-4-9(11)12-5-8(7)15-6-2-3-6/h4-6H,2-3H2,1H3. The summed E-state index contributed by atoms with van der Waals surface area (Å²) >= 11 is 3.20. The molecule has 0 amide bonds. The highest BCUT2D eigenvalue weighted by molar-refractivity contribution is 9.10. The minimum Gasteiger partial charge on any atom is -0.488 e. The summed E-state index contributed by atoms with van der Waals surface area (Å²) in [6, 6.07) is 1.60. The third kappa shape index (κ3) is 2.47. The zero-order valence-corrected chi connectivity index (χ0v) is 9.78. The van der Waals surface area contributed by atoms with Gasteiger partial charge in [-0.1, -0.05) is 0 Å². The summed E-state index contributed by atoms with van der Waals surface area (Å²) in [6.07, 6.45) is 3.85. The van der Waals surface area contributed by atoms with Crippen LogP contribution >= 0.6 is 15.9 Å². The zero-order chi connectivity index (χ0) is 10.8. The van der Waals surface area contributed by atoms with Gasteiger partial charge in [-0.05, 0) is 34.8 Å². The monoisotopic (exact) mass is 271 g/mol. The van der Waals surface area contributed by atoms with Gasteiger partial charge in [0, 0.05) is 0 Å². The van der Waals surface area contributed by atoms with E-state index in [-0.39, 0.29) is 6.10 Å². The molecule has 1 aliphatic carbocycles. The predicted octanol–water partition coefficient (Wildman–Crippen LogP) is 2.17. The molecule has 1 aromatic heterocycles. The number of nitrogens with zero attached hydrogens (tertiary/aromatic N) is 1. The van der Waals surface area contributed by atoms with Crippen molar-refractivity contribution >= 4 is 21.9 Å². The van der Waals surface area contributed by atoms with Crippen LogP contribution in [-0.4, -0.2) is 24.2 Å². The number of methoxy groups -OCH3 is 1. The van der Waals surface area contributed by atoms with Crippen molar-refractivity contribution in [2.45, 2.75) is 18.9 Å². The third-order valence-corrected chi connectivity index (χ3v) is 2.49. The van der Waals surface area contributed by atoms with Crippen LogP contribution in [0.3, 0.4) is 0 Å². The lowest BCUT2D eigenvalue weighted by molar-refractivity contribution is 0.0595. The van der Waals surface area contributed by atoms with Gasteiger partial charge in [0.1, 0.15) is 10.2 Å². The number of pyridine rings is 1. The second kappa shape index (κ2) is 4.18. The molecule has 0 spiro atoms. The van der Waals surface area contributed by atoms with Gasteiger partial charge in [-0.3, -0.25) is 0 Å². The van der Waals surface area contributed by atoms with Gasteiger partial charge in [-0.2, -0.15) is 0 Å². The number of carbonyl (C=O) groups excluding carboxylic acids is 1. The summed E-state index contributed by atoms with van der Waals surface area (Å²) < 4.78 is 10.8. The van der Waals surface area contributed by atoms with Crippen LogP contribution in [0.15, 0.2) is 16.9 Å². The first-order chi connectivity index (χ1) is 7.20. The van der Waals surface area contributed by atoms with Crippen molar-refractivity contribution in [1.82, 2.24) is 4.98 Å². The molecule has 1 saturated carbocycles. The van der Waals surface area contributed by atoms with E-state index in [0.29, 0.717) is 15.9 Å². The maximum atomic E-state index is 11.4. The van der Waals surface area contributed by atoms with E-state index in [4.69, 9.17) is 4.74 Å². The predicted molar refractivity (Wildman–Crippen MR) is 56.9 cm³/mol. The van der Waals surface area contributed by atoms with Crippen LogP contribution in [0.25, 0.3) is 0 Å². The summed E-state index contributed by atoms with van der Waals surface area (Å²) in [7, 11) is 1.34. The Morgan fingerprint density at radius 3 is 2.93 bits per heavy atom. The maximum Gasteiger partial charge on any atom is 0.341 e. The first-order valence-electron chi connectivity index (χ1n) is 4.61. The topological polar surface area (TPSA) is 48.4 Å². The molecule has 80 valence electrons. The first-order valence-corrected chi connectivity index (χ1v) is 5.40. The number of ether oxygens (including phenoxy) is 2. The van der Waals surface area contributed by atoms with E-state index in [1.807, 2.05) is 0 Å². The second-order valence-electron chi connectivity index (χ2n) is 3.31. The molecule has 0 unspecified atom stereocenters. The Labute approximate surface area is 95.7 Å². The number of hydrogen-bond acceptors (Lipinski definition) is 4. The van der Waals surface area contributed by atoms with E-state index in [1.165, 1.54) is 13.3 Å². The Morgan fingerprint density at radius 1 is 1.60 bits per heavy atom. The van der Waals surface area contributed by atoms with Gasteiger partial charge in [0.25, 0.3) is 0 Å². The van der Waals surface area contributed by atoms with Gasteiger partial charge in [0.05, 0.1) is 19.4 Å². The van der Waals surface area contributed by atoms with Crippen molar-refractivity contribution in [3.63, 3.8) is 0 Å². The quantitative estimate of drug-likeness (QED) is 0.625. The molecule has 4 nitrogen and oxygen atoms in total. The summed E-state index contributed by atoms with van der Waals surface area (Å²) in [6.45, 7) is 0. The SMILES string of the molecule is COC(=O)c1cc(Br)ncc1OC1CC1. The molecule has 1 aromatic rings. The third-order valence-electron chi connectivity index (χ3n) is 2.06. The molecule has 15 heavy (non-hydrogen) atoms. The van der Waals surface area contributed by atoms with Crippen LogP contribution in [0.5, 0.6) is 5.75 Å². The molecule has 1 heterocycles. The Hall–Kier alpha value is -1.10. The average Bonchev–Trinajstić information content (AvgIpc) is 3.03. The van der Waals surface area contributed by atoms with Crippen LogP contribution in [0, 0.1) is 0 Å². The number of halogens is 1. The molecule has 0 bridgehead atoms. The Kier molecular flexibility index (Phi) is 2.90. The number of aromatic nitrogens is 1. The Morgan fingerprint density at radius 2 is 2.33 bits per heavy atom. The van der Waals surface area contributed by atoms with Crippen molar-refractivity contribution in [2.75, 3.05) is 7.11 Å². The first kappa shape index (κ1) is 10.4. The fourth-order valence-electron chi connectivity index (χ4n) is 1.15. The fraction of sp³-hybridized carbons (Fsp3) is 0.400. The van der Waals surface area contributed by atoms with Gasteiger partial charge < -0.3 is 9.47 Å². The molecule has 0 saturated heterocycles. The van der Waals surface area contributed by atoms with Crippen molar-refractivity contribution in [2.24, 2.45) is 0 Å². The highest BCUT2D eigenvalue weighted by Gasteiger charge is 2.26. The van der Waals surface area contributed by atoms with Crippen molar-refractivity contribution in [3.05, 3.63) is 22.4 Å². The van der Waals surface area contributed by atoms with E-state index in [9.17, 15) is 4.79 Å². The van der Waals surface area contributed by atoms with Crippen molar-refractivity contribution < 1.29 is 14.3 Å². The molecule has 0 N–H and O–H groups in total. The lowest BCUT2D eigenvalue weighted by Gasteiger charge is -2.08. The molecule has 5 heteroatoms. The summed E-state index contributed by atoms with van der Waals surface area (Å²) in [5.41, 5.74) is 0.409. The normalized spacial score (nSPS) is 14.8. The molecule has 0 aliphatic heterocycles. The number of rotatable bonds is 3. The molecule has 1 fully saturated rings. The van der Waals surface area contributed by atoms with E-state index < -0.39 is 5.97 Å². The van der Waals surface area contributed by atoms with Crippen LogP contribution in [0.4, 0.5) is 0 Å². The van der Waals surface area contributed by atoms with Crippen LogP contribution in [-0.2, 0) is 4.74 Å². The lowest BCUT2D eigenvalue weighted by Crippen LogP contribution is -2.07. The van der Waals surface area contributed by atoms with Gasteiger partial charge >= 0.3 is 5.97 Å². The molecular formula is C10H10BrNO3. The van der Waals surface area contributed by atoms with Crippen LogP contribution < -0.4 is 4.74 Å². The Bertz CT molecular complexity index is 390. The summed E-state index contributed by atoms with van der Waals surface area (Å²) in [5, 5.41) is 0. The smallest absolute Gasteiger partial charge is 0.341 e. The number of hydrogen-bond donors (Lipinski definition) is 0. The van der Waals surface area contributed by atoms with Crippen molar-refractivity contribution in [3.8, 4) is 5.75 Å². The van der Waals surface area contributed by atoms with E-state index in [1.54, 1.807) is 6.07 Å². The molecule has 0 aromatic carbocycles. The van der Waals surface area contributed by atoms with Crippen LogP contribution in [0.2, 0.25) is 0 Å². The lowest BCUT2D eigenvalue weighted by atomic mass is 10.2. The minimum atomic E-state index is -0.409. The zero-order valence-electron chi connectivity index (χ0n) is 8.20. The summed E-state index contributed by atoms with van der Waals surface area (Å²) in [5.74, 6) is 0.0845. The molecule has 0 atom stereocenters. The molecule has 2 rings (SSSR count). The van der Waals surface area contributed by atoms with Gasteiger partial charge in [-0.15, -0.1) is 0 Å². The average molecular weight is 272 g/mol. The van der Waals surface area contributed by atoms with Gasteiger partial charge in [-0.25, -0.2) is 9.78 Å². The van der Waals surface area contributed by atoms with E-state index in [2.05, 4.69) is 25.7 Å². The van der Waals surface area contributed by atoms with Gasteiger partial charge in [0.2, 0.25) is 0 Å². The maximum absolute atomic E-state index is 11.4. The van der Waals surface area contributed by atoms with Crippen LogP contribution in [0.1, 0.15) is 23.2 Å². The largest absolute Gasteiger partial charge is 0.488 e. The minimum absolute atomic E-state index is 0.233. The van der Waals surface area contributed by atoms with Crippen molar-refractivity contribution in [1.29, 1.82) is 0 Å².